The second-order valence-corrected chi connectivity index (χ2v) is 2.13. The van der Waals surface area contributed by atoms with E-state index in [-0.39, 0.29) is 5.75 Å². The number of hydrogen-bond donors (Lipinski definition) is 2. The van der Waals surface area contributed by atoms with Gasteiger partial charge in [0, 0.05) is 0 Å². The minimum absolute atomic E-state index is 0.0526. The van der Waals surface area contributed by atoms with Gasteiger partial charge in [0.05, 0.1) is 6.07 Å². The number of aliphatic hydroxyl groups is 1. The molecule has 1 rings (SSSR count). The lowest BCUT2D eigenvalue weighted by atomic mass is 10.1. The van der Waals surface area contributed by atoms with Gasteiger partial charge in [0.25, 0.3) is 0 Å². The van der Waals surface area contributed by atoms with Gasteiger partial charge in [-0.05, 0) is 17.7 Å². The van der Waals surface area contributed by atoms with E-state index >= 15 is 0 Å². The van der Waals surface area contributed by atoms with E-state index in [1.54, 1.807) is 18.2 Å². The molecule has 1 unspecified atom stereocenters. The predicted octanol–water partition coefficient (Wildman–Crippen LogP) is 0.949. The smallest absolute Gasteiger partial charge is 0.166 e. The summed E-state index contributed by atoms with van der Waals surface area (Å²) < 4.78 is 0. The molecule has 3 heteroatoms. The van der Waals surface area contributed by atoms with E-state index in [9.17, 15) is 0 Å². The molecule has 0 fully saturated rings. The molecular weight excluding hydrogens is 142 g/mol. The Morgan fingerprint density at radius 2 is 2.18 bits per heavy atom. The monoisotopic (exact) mass is 149 g/mol. The fourth-order valence-corrected chi connectivity index (χ4v) is 0.769. The summed E-state index contributed by atoms with van der Waals surface area (Å²) in [7, 11) is 0. The summed E-state index contributed by atoms with van der Waals surface area (Å²) in [6.07, 6.45) is -1.15. The van der Waals surface area contributed by atoms with Gasteiger partial charge in [-0.3, -0.25) is 0 Å². The number of hydrogen-bond acceptors (Lipinski definition) is 3. The van der Waals surface area contributed by atoms with Crippen molar-refractivity contribution in [3.8, 4) is 11.8 Å². The summed E-state index contributed by atoms with van der Waals surface area (Å²) in [6, 6.07) is 7.64. The molecule has 1 aromatic carbocycles. The molecule has 2 N–H and O–H groups in total. The third-order valence-corrected chi connectivity index (χ3v) is 1.31. The topological polar surface area (TPSA) is 64.2 Å². The summed E-state index contributed by atoms with van der Waals surface area (Å²) in [5.74, 6) is 0.0526. The van der Waals surface area contributed by atoms with Crippen LogP contribution < -0.4 is 0 Å². The van der Waals surface area contributed by atoms with E-state index < -0.39 is 6.10 Å². The first-order valence-electron chi connectivity index (χ1n) is 3.10. The van der Waals surface area contributed by atoms with Crippen LogP contribution in [0.25, 0.3) is 0 Å². The molecule has 0 aromatic heterocycles. The minimum Gasteiger partial charge on any atom is -0.508 e. The Morgan fingerprint density at radius 1 is 1.45 bits per heavy atom. The standard InChI is InChI=1S/C8H7NO2/c9-5-8(11)6-2-1-3-7(10)4-6/h1-4,8,10-11H. The number of phenolic OH excluding ortho intramolecular Hbond substituents is 1. The van der Waals surface area contributed by atoms with Crippen LogP contribution in [0.4, 0.5) is 0 Å². The Bertz CT molecular complexity index is 290. The largest absolute Gasteiger partial charge is 0.508 e. The van der Waals surface area contributed by atoms with Gasteiger partial charge in [-0.25, -0.2) is 0 Å². The zero-order chi connectivity index (χ0) is 8.27. The Morgan fingerprint density at radius 3 is 2.73 bits per heavy atom. The number of phenols is 1. The number of nitrogens with zero attached hydrogens (tertiary/aromatic N) is 1. The van der Waals surface area contributed by atoms with Gasteiger partial charge in [0.1, 0.15) is 5.75 Å². The molecule has 1 aromatic rings. The molecular formula is C8H7NO2. The summed E-state index contributed by atoms with van der Waals surface area (Å²) in [4.78, 5) is 0. The summed E-state index contributed by atoms with van der Waals surface area (Å²) in [6.45, 7) is 0. The molecule has 0 aliphatic rings. The van der Waals surface area contributed by atoms with Gasteiger partial charge in [0.2, 0.25) is 0 Å². The molecule has 0 heterocycles. The van der Waals surface area contributed by atoms with Crippen molar-refractivity contribution in [1.29, 1.82) is 5.26 Å². The average Bonchev–Trinajstić information content (AvgIpc) is 2.03. The predicted molar refractivity (Wildman–Crippen MR) is 38.7 cm³/mol. The second kappa shape index (κ2) is 3.04. The lowest BCUT2D eigenvalue weighted by Crippen LogP contribution is -1.91. The lowest BCUT2D eigenvalue weighted by molar-refractivity contribution is 0.235. The van der Waals surface area contributed by atoms with Crippen LogP contribution >= 0.6 is 0 Å². The maximum Gasteiger partial charge on any atom is 0.166 e. The van der Waals surface area contributed by atoms with E-state index in [4.69, 9.17) is 15.5 Å². The van der Waals surface area contributed by atoms with Crippen LogP contribution in [0.2, 0.25) is 0 Å². The third kappa shape index (κ3) is 1.69. The van der Waals surface area contributed by atoms with Crippen molar-refractivity contribution in [2.24, 2.45) is 0 Å². The molecule has 0 saturated carbocycles. The Kier molecular flexibility index (Phi) is 2.09. The molecule has 0 aliphatic heterocycles. The highest BCUT2D eigenvalue weighted by molar-refractivity contribution is 5.30. The maximum absolute atomic E-state index is 8.98. The normalized spacial score (nSPS) is 12.0. The Labute approximate surface area is 64.1 Å². The number of rotatable bonds is 1. The first kappa shape index (κ1) is 7.58. The van der Waals surface area contributed by atoms with Crippen molar-refractivity contribution in [2.45, 2.75) is 6.10 Å². The molecule has 0 amide bonds. The fraction of sp³-hybridized carbons (Fsp3) is 0.125. The van der Waals surface area contributed by atoms with Crippen molar-refractivity contribution in [3.05, 3.63) is 29.8 Å². The van der Waals surface area contributed by atoms with Crippen LogP contribution in [0.5, 0.6) is 5.75 Å². The molecule has 56 valence electrons. The van der Waals surface area contributed by atoms with Crippen LogP contribution in [0.1, 0.15) is 11.7 Å². The van der Waals surface area contributed by atoms with Crippen LogP contribution in [-0.4, -0.2) is 10.2 Å². The molecule has 0 radical (unpaired) electrons. The summed E-state index contributed by atoms with van der Waals surface area (Å²) in [5.41, 5.74) is 0.410. The van der Waals surface area contributed by atoms with Crippen LogP contribution in [-0.2, 0) is 0 Å². The Balaban J connectivity index is 2.98. The van der Waals surface area contributed by atoms with Crippen LogP contribution in [0.3, 0.4) is 0 Å². The maximum atomic E-state index is 8.98. The number of aromatic hydroxyl groups is 1. The first-order chi connectivity index (χ1) is 5.24. The van der Waals surface area contributed by atoms with Crippen LogP contribution in [0.15, 0.2) is 24.3 Å². The van der Waals surface area contributed by atoms with E-state index in [0.717, 1.165) is 0 Å². The van der Waals surface area contributed by atoms with Gasteiger partial charge in [0.15, 0.2) is 6.10 Å². The first-order valence-corrected chi connectivity index (χ1v) is 3.10. The molecule has 3 nitrogen and oxygen atoms in total. The third-order valence-electron chi connectivity index (χ3n) is 1.31. The highest BCUT2D eigenvalue weighted by Crippen LogP contribution is 2.16. The molecule has 11 heavy (non-hydrogen) atoms. The summed E-state index contributed by atoms with van der Waals surface area (Å²) in [5, 5.41) is 26.2. The molecule has 0 spiro atoms. The van der Waals surface area contributed by atoms with Crippen molar-refractivity contribution in [3.63, 3.8) is 0 Å². The number of nitriles is 1. The van der Waals surface area contributed by atoms with Crippen molar-refractivity contribution >= 4 is 0 Å². The Hall–Kier alpha value is -1.53. The van der Waals surface area contributed by atoms with Gasteiger partial charge in [-0.2, -0.15) is 5.26 Å². The van der Waals surface area contributed by atoms with Crippen molar-refractivity contribution in [1.82, 2.24) is 0 Å². The molecule has 0 saturated heterocycles. The molecule has 1 atom stereocenters. The zero-order valence-electron chi connectivity index (χ0n) is 5.73. The van der Waals surface area contributed by atoms with Crippen molar-refractivity contribution < 1.29 is 10.2 Å². The van der Waals surface area contributed by atoms with Crippen LogP contribution in [0, 0.1) is 11.3 Å². The van der Waals surface area contributed by atoms with Gasteiger partial charge < -0.3 is 10.2 Å². The average molecular weight is 149 g/mol. The summed E-state index contributed by atoms with van der Waals surface area (Å²) >= 11 is 0. The van der Waals surface area contributed by atoms with E-state index in [2.05, 4.69) is 0 Å². The lowest BCUT2D eigenvalue weighted by Gasteiger charge is -2.00. The van der Waals surface area contributed by atoms with Gasteiger partial charge in [-0.1, -0.05) is 12.1 Å². The SMILES string of the molecule is N#CC(O)c1cccc(O)c1. The van der Waals surface area contributed by atoms with E-state index in [1.165, 1.54) is 12.1 Å². The highest BCUT2D eigenvalue weighted by atomic mass is 16.3. The van der Waals surface area contributed by atoms with Crippen molar-refractivity contribution in [2.75, 3.05) is 0 Å². The quantitative estimate of drug-likeness (QED) is 0.584. The van der Waals surface area contributed by atoms with Gasteiger partial charge >= 0.3 is 0 Å². The van der Waals surface area contributed by atoms with E-state index in [0.29, 0.717) is 5.56 Å². The van der Waals surface area contributed by atoms with Gasteiger partial charge in [-0.15, -0.1) is 0 Å². The number of benzene rings is 1. The second-order valence-electron chi connectivity index (χ2n) is 2.13. The van der Waals surface area contributed by atoms with E-state index in [1.807, 2.05) is 0 Å². The molecule has 0 aliphatic carbocycles. The molecule has 0 bridgehead atoms. The fourth-order valence-electron chi connectivity index (χ4n) is 0.769. The minimum atomic E-state index is -1.15. The number of aliphatic hydroxyl groups excluding tert-OH is 1. The zero-order valence-corrected chi connectivity index (χ0v) is 5.73. The highest BCUT2D eigenvalue weighted by Gasteiger charge is 2.04.